The molecule has 1 atom stereocenters. The van der Waals surface area contributed by atoms with Crippen LogP contribution in [0, 0.1) is 6.92 Å². The van der Waals surface area contributed by atoms with Gasteiger partial charge in [-0.1, -0.05) is 36.4 Å². The van der Waals surface area contributed by atoms with Gasteiger partial charge in [0.1, 0.15) is 27.9 Å². The number of rotatable bonds is 6. The van der Waals surface area contributed by atoms with Crippen molar-refractivity contribution in [3.63, 3.8) is 0 Å². The SMILES string of the molecule is Cc1ccc(S(=O)(=O)OI)c(OS(=O)(=O)C(O)c2ccccc2)c1. The maximum atomic E-state index is 12.3. The van der Waals surface area contributed by atoms with Crippen molar-refractivity contribution in [3.05, 3.63) is 59.7 Å². The first kappa shape index (κ1) is 19.1. The van der Waals surface area contributed by atoms with Crippen molar-refractivity contribution in [3.8, 4) is 5.75 Å². The van der Waals surface area contributed by atoms with Gasteiger partial charge in [0.15, 0.2) is 5.75 Å². The number of aliphatic hydroxyl groups is 1. The second-order valence-electron chi connectivity index (χ2n) is 4.81. The molecule has 0 heterocycles. The molecule has 0 aliphatic carbocycles. The molecule has 0 saturated carbocycles. The summed E-state index contributed by atoms with van der Waals surface area (Å²) in [6, 6.07) is 11.5. The van der Waals surface area contributed by atoms with E-state index >= 15 is 0 Å². The molecular weight excluding hydrogens is 471 g/mol. The third-order valence-corrected chi connectivity index (χ3v) is 6.71. The molecule has 2 aromatic carbocycles. The fraction of sp³-hybridized carbons (Fsp3) is 0.143. The summed E-state index contributed by atoms with van der Waals surface area (Å²) >= 11 is 1.18. The summed E-state index contributed by atoms with van der Waals surface area (Å²) in [4.78, 5) is -0.452. The Labute approximate surface area is 154 Å². The molecule has 0 aliphatic rings. The summed E-state index contributed by atoms with van der Waals surface area (Å²) in [5, 5.41) is 10.0. The Hall–Kier alpha value is -1.21. The standard InChI is InChI=1S/C14H13IO7S2/c1-10-7-8-13(23(17,18)22-15)12(9-10)21-24(19,20)14(16)11-5-3-2-4-6-11/h2-9,14,16H,1H3. The fourth-order valence-electron chi connectivity index (χ4n) is 1.88. The molecule has 10 heteroatoms. The summed E-state index contributed by atoms with van der Waals surface area (Å²) in [5.74, 6) is -0.443. The Morgan fingerprint density at radius 2 is 1.67 bits per heavy atom. The molecule has 1 unspecified atom stereocenters. The average Bonchev–Trinajstić information content (AvgIpc) is 2.54. The number of aryl methyl sites for hydroxylation is 1. The largest absolute Gasteiger partial charge is 0.379 e. The van der Waals surface area contributed by atoms with Crippen molar-refractivity contribution < 1.29 is 28.6 Å². The Morgan fingerprint density at radius 3 is 2.25 bits per heavy atom. The van der Waals surface area contributed by atoms with Crippen molar-refractivity contribution in [1.82, 2.24) is 0 Å². The van der Waals surface area contributed by atoms with Gasteiger partial charge in [-0.2, -0.15) is 19.3 Å². The van der Waals surface area contributed by atoms with E-state index in [0.29, 0.717) is 5.56 Å². The summed E-state index contributed by atoms with van der Waals surface area (Å²) in [7, 11) is -8.73. The molecule has 0 aliphatic heterocycles. The van der Waals surface area contributed by atoms with Crippen LogP contribution in [0.5, 0.6) is 5.75 Å². The second-order valence-corrected chi connectivity index (χ2v) is 8.96. The van der Waals surface area contributed by atoms with Gasteiger partial charge in [0.05, 0.1) is 0 Å². The van der Waals surface area contributed by atoms with E-state index in [1.54, 1.807) is 25.1 Å². The lowest BCUT2D eigenvalue weighted by molar-refractivity contribution is 0.240. The van der Waals surface area contributed by atoms with E-state index in [-0.39, 0.29) is 5.56 Å². The number of hydrogen-bond donors (Lipinski definition) is 1. The normalized spacial score (nSPS) is 13.5. The highest BCUT2D eigenvalue weighted by molar-refractivity contribution is 14.1. The third kappa shape index (κ3) is 4.25. The minimum atomic E-state index is -4.54. The van der Waals surface area contributed by atoms with Gasteiger partial charge >= 0.3 is 20.2 Å². The van der Waals surface area contributed by atoms with Gasteiger partial charge in [-0.3, -0.25) is 0 Å². The van der Waals surface area contributed by atoms with Gasteiger partial charge in [0.2, 0.25) is 5.44 Å². The molecule has 2 rings (SSSR count). The number of hydrogen-bond acceptors (Lipinski definition) is 7. The zero-order chi connectivity index (χ0) is 18.0. The second kappa shape index (κ2) is 7.35. The summed E-state index contributed by atoms with van der Waals surface area (Å²) in [5.41, 5.74) is -1.29. The Morgan fingerprint density at radius 1 is 1.04 bits per heavy atom. The minimum absolute atomic E-state index is 0.0969. The van der Waals surface area contributed by atoms with E-state index < -0.39 is 36.3 Å². The maximum absolute atomic E-state index is 12.3. The van der Waals surface area contributed by atoms with Crippen LogP contribution in [0.4, 0.5) is 0 Å². The quantitative estimate of drug-likeness (QED) is 0.496. The van der Waals surface area contributed by atoms with Gasteiger partial charge in [-0.15, -0.1) is 0 Å². The molecule has 0 radical (unpaired) electrons. The summed E-state index contributed by atoms with van der Waals surface area (Å²) in [6.07, 6.45) is 0. The summed E-state index contributed by atoms with van der Waals surface area (Å²) < 4.78 is 57.6. The maximum Gasteiger partial charge on any atom is 0.340 e. The molecule has 1 N–H and O–H groups in total. The predicted molar refractivity (Wildman–Crippen MR) is 94.4 cm³/mol. The molecule has 0 amide bonds. The molecule has 0 bridgehead atoms. The van der Waals surface area contributed by atoms with E-state index in [9.17, 15) is 21.9 Å². The first-order valence-electron chi connectivity index (χ1n) is 6.49. The van der Waals surface area contributed by atoms with Crippen LogP contribution in [0.3, 0.4) is 0 Å². The van der Waals surface area contributed by atoms with E-state index in [1.807, 2.05) is 0 Å². The fourth-order valence-corrected chi connectivity index (χ4v) is 4.13. The molecule has 2 aromatic rings. The molecule has 130 valence electrons. The molecular formula is C14H13IO7S2. The van der Waals surface area contributed by atoms with Gasteiger partial charge in [0, 0.05) is 0 Å². The molecule has 7 nitrogen and oxygen atoms in total. The van der Waals surface area contributed by atoms with Gasteiger partial charge in [-0.25, -0.2) is 0 Å². The van der Waals surface area contributed by atoms with Crippen molar-refractivity contribution in [2.45, 2.75) is 17.3 Å². The predicted octanol–water partition coefficient (Wildman–Crippen LogP) is 2.45. The number of benzene rings is 2. The molecule has 0 aromatic heterocycles. The van der Waals surface area contributed by atoms with Crippen LogP contribution in [0.1, 0.15) is 16.6 Å². The molecule has 0 fully saturated rings. The van der Waals surface area contributed by atoms with Crippen molar-refractivity contribution in [2.24, 2.45) is 0 Å². The lowest BCUT2D eigenvalue weighted by atomic mass is 10.2. The van der Waals surface area contributed by atoms with E-state index in [0.717, 1.165) is 0 Å². The van der Waals surface area contributed by atoms with Crippen molar-refractivity contribution in [1.29, 1.82) is 0 Å². The van der Waals surface area contributed by atoms with Crippen LogP contribution in [0.25, 0.3) is 0 Å². The molecule has 24 heavy (non-hydrogen) atoms. The van der Waals surface area contributed by atoms with Crippen LogP contribution in [0.2, 0.25) is 0 Å². The Balaban J connectivity index is 2.45. The van der Waals surface area contributed by atoms with E-state index in [4.69, 9.17) is 4.18 Å². The van der Waals surface area contributed by atoms with Crippen molar-refractivity contribution >= 4 is 43.2 Å². The van der Waals surface area contributed by atoms with Crippen molar-refractivity contribution in [2.75, 3.05) is 0 Å². The number of aliphatic hydroxyl groups excluding tert-OH is 1. The van der Waals surface area contributed by atoms with Crippen LogP contribution in [-0.2, 0) is 22.7 Å². The minimum Gasteiger partial charge on any atom is -0.379 e. The first-order valence-corrected chi connectivity index (χ1v) is 10.3. The van der Waals surface area contributed by atoms with E-state index in [2.05, 4.69) is 2.51 Å². The highest BCUT2D eigenvalue weighted by Crippen LogP contribution is 2.31. The van der Waals surface area contributed by atoms with Gasteiger partial charge in [0.25, 0.3) is 0 Å². The highest BCUT2D eigenvalue weighted by Gasteiger charge is 2.30. The number of halogens is 1. The smallest absolute Gasteiger partial charge is 0.340 e. The highest BCUT2D eigenvalue weighted by atomic mass is 127. The van der Waals surface area contributed by atoms with Crippen LogP contribution in [0.15, 0.2) is 53.4 Å². The van der Waals surface area contributed by atoms with Gasteiger partial charge in [-0.05, 0) is 30.2 Å². The molecule has 0 spiro atoms. The topological polar surface area (TPSA) is 107 Å². The zero-order valence-corrected chi connectivity index (χ0v) is 16.1. The monoisotopic (exact) mass is 484 g/mol. The van der Waals surface area contributed by atoms with Crippen LogP contribution in [-0.4, -0.2) is 21.9 Å². The van der Waals surface area contributed by atoms with Gasteiger partial charge < -0.3 is 9.29 Å². The lowest BCUT2D eigenvalue weighted by Gasteiger charge is -2.15. The third-order valence-electron chi connectivity index (χ3n) is 3.02. The lowest BCUT2D eigenvalue weighted by Crippen LogP contribution is -2.20. The Bertz CT molecular complexity index is 925. The van der Waals surface area contributed by atoms with E-state index in [1.165, 1.54) is 53.3 Å². The van der Waals surface area contributed by atoms with Crippen LogP contribution >= 0.6 is 23.0 Å². The van der Waals surface area contributed by atoms with Crippen LogP contribution < -0.4 is 4.18 Å². The first-order chi connectivity index (χ1) is 11.2. The summed E-state index contributed by atoms with van der Waals surface area (Å²) in [6.45, 7) is 1.63. The zero-order valence-electron chi connectivity index (χ0n) is 12.3. The average molecular weight is 484 g/mol. The molecule has 0 saturated heterocycles. The Kier molecular flexibility index (Phi) is 5.86.